The molecule has 19 heavy (non-hydrogen) atoms. The maximum absolute atomic E-state index is 4.90. The highest BCUT2D eigenvalue weighted by molar-refractivity contribution is 5.59. The molecule has 0 bridgehead atoms. The highest BCUT2D eigenvalue weighted by Crippen LogP contribution is 2.20. The summed E-state index contributed by atoms with van der Waals surface area (Å²) in [5.74, 6) is 0. The lowest BCUT2D eigenvalue weighted by Crippen LogP contribution is -1.99. The number of pyridine rings is 1. The lowest BCUT2D eigenvalue weighted by molar-refractivity contribution is 0.760. The average molecular weight is 253 g/mol. The van der Waals surface area contributed by atoms with E-state index in [1.807, 2.05) is 6.07 Å². The van der Waals surface area contributed by atoms with Gasteiger partial charge in [-0.3, -0.25) is 4.98 Å². The van der Waals surface area contributed by atoms with Gasteiger partial charge in [-0.15, -0.1) is 0 Å². The van der Waals surface area contributed by atoms with Gasteiger partial charge in [-0.25, -0.2) is 0 Å². The first-order chi connectivity index (χ1) is 9.35. The van der Waals surface area contributed by atoms with Gasteiger partial charge in [0.2, 0.25) is 0 Å². The number of aromatic nitrogens is 1. The summed E-state index contributed by atoms with van der Waals surface area (Å²) in [6.45, 7) is 4.47. The van der Waals surface area contributed by atoms with Crippen molar-refractivity contribution in [3.8, 4) is 11.3 Å². The van der Waals surface area contributed by atoms with Gasteiger partial charge in [-0.2, -0.15) is 0 Å². The van der Waals surface area contributed by atoms with Crippen LogP contribution < -0.4 is 0 Å². The second-order valence-electron chi connectivity index (χ2n) is 5.02. The fourth-order valence-corrected chi connectivity index (χ4v) is 2.36. The number of rotatable bonds is 6. The molecular weight excluding hydrogens is 230 g/mol. The normalized spacial score (nSPS) is 10.6. The van der Waals surface area contributed by atoms with E-state index >= 15 is 0 Å². The number of nitrogens with zero attached hydrogens (tertiary/aromatic N) is 1. The smallest absolute Gasteiger partial charge is 0.0705 e. The lowest BCUT2D eigenvalue weighted by Gasteiger charge is -2.10. The van der Waals surface area contributed by atoms with Crippen molar-refractivity contribution in [3.05, 3.63) is 53.7 Å². The van der Waals surface area contributed by atoms with Gasteiger partial charge in [0.25, 0.3) is 0 Å². The van der Waals surface area contributed by atoms with Crippen LogP contribution in [0.4, 0.5) is 0 Å². The fraction of sp³-hybridized carbons (Fsp3) is 0.389. The standard InChI is InChI=1S/C18H23N/c1-3-5-12-17-15(9-4-2)13-14-18(19-17)16-10-7-6-8-11-16/h6-8,10-11,13-14H,3-5,9,12H2,1-2H3. The molecular formula is C18H23N. The van der Waals surface area contributed by atoms with E-state index in [0.717, 1.165) is 18.5 Å². The molecule has 1 nitrogen and oxygen atoms in total. The van der Waals surface area contributed by atoms with Crippen LogP contribution in [-0.2, 0) is 12.8 Å². The molecule has 0 spiro atoms. The molecule has 0 aliphatic rings. The van der Waals surface area contributed by atoms with Crippen LogP contribution in [0.15, 0.2) is 42.5 Å². The molecule has 0 aliphatic heterocycles. The molecule has 0 N–H and O–H groups in total. The summed E-state index contributed by atoms with van der Waals surface area (Å²) in [6, 6.07) is 14.9. The Balaban J connectivity index is 2.31. The molecule has 2 rings (SSSR count). The predicted molar refractivity (Wildman–Crippen MR) is 82.3 cm³/mol. The largest absolute Gasteiger partial charge is 0.253 e. The molecule has 0 amide bonds. The van der Waals surface area contributed by atoms with Crippen molar-refractivity contribution in [2.45, 2.75) is 46.0 Å². The highest BCUT2D eigenvalue weighted by atomic mass is 14.7. The van der Waals surface area contributed by atoms with E-state index in [1.165, 1.54) is 36.1 Å². The van der Waals surface area contributed by atoms with Crippen molar-refractivity contribution >= 4 is 0 Å². The maximum atomic E-state index is 4.90. The van der Waals surface area contributed by atoms with Gasteiger partial charge in [0, 0.05) is 11.3 Å². The topological polar surface area (TPSA) is 12.9 Å². The van der Waals surface area contributed by atoms with Crippen molar-refractivity contribution in [1.29, 1.82) is 0 Å². The van der Waals surface area contributed by atoms with E-state index in [2.05, 4.69) is 50.2 Å². The van der Waals surface area contributed by atoms with E-state index in [4.69, 9.17) is 4.98 Å². The lowest BCUT2D eigenvalue weighted by atomic mass is 10.0. The molecule has 0 aliphatic carbocycles. The van der Waals surface area contributed by atoms with Crippen molar-refractivity contribution in [2.75, 3.05) is 0 Å². The minimum absolute atomic E-state index is 1.10. The van der Waals surface area contributed by atoms with E-state index < -0.39 is 0 Å². The number of benzene rings is 1. The maximum Gasteiger partial charge on any atom is 0.0705 e. The zero-order chi connectivity index (χ0) is 13.5. The molecule has 1 heteroatoms. The third-order valence-electron chi connectivity index (χ3n) is 3.42. The summed E-state index contributed by atoms with van der Waals surface area (Å²) in [4.78, 5) is 4.90. The molecule has 0 unspecified atom stereocenters. The van der Waals surface area contributed by atoms with Crippen LogP contribution in [0.25, 0.3) is 11.3 Å². The summed E-state index contributed by atoms with van der Waals surface area (Å²) >= 11 is 0. The Bertz CT molecular complexity index is 502. The van der Waals surface area contributed by atoms with E-state index in [-0.39, 0.29) is 0 Å². The van der Waals surface area contributed by atoms with Crippen molar-refractivity contribution < 1.29 is 0 Å². The van der Waals surface area contributed by atoms with Crippen LogP contribution in [0.2, 0.25) is 0 Å². The van der Waals surface area contributed by atoms with Crippen molar-refractivity contribution in [1.82, 2.24) is 4.98 Å². The Labute approximate surface area is 116 Å². The third-order valence-corrected chi connectivity index (χ3v) is 3.42. The summed E-state index contributed by atoms with van der Waals surface area (Å²) in [5, 5.41) is 0. The molecule has 0 atom stereocenters. The minimum atomic E-state index is 1.10. The van der Waals surface area contributed by atoms with Crippen LogP contribution in [0.5, 0.6) is 0 Å². The van der Waals surface area contributed by atoms with Gasteiger partial charge in [-0.1, -0.05) is 63.1 Å². The SMILES string of the molecule is CCCCc1nc(-c2ccccc2)ccc1CCC. The third kappa shape index (κ3) is 3.66. The summed E-state index contributed by atoms with van der Waals surface area (Å²) in [6.07, 6.45) is 5.88. The van der Waals surface area contributed by atoms with Crippen LogP contribution in [0, 0.1) is 0 Å². The zero-order valence-electron chi connectivity index (χ0n) is 12.0. The first-order valence-corrected chi connectivity index (χ1v) is 7.39. The number of aryl methyl sites for hydroxylation is 2. The minimum Gasteiger partial charge on any atom is -0.253 e. The molecule has 100 valence electrons. The van der Waals surface area contributed by atoms with Crippen molar-refractivity contribution in [2.24, 2.45) is 0 Å². The van der Waals surface area contributed by atoms with Gasteiger partial charge >= 0.3 is 0 Å². The number of unbranched alkanes of at least 4 members (excludes halogenated alkanes) is 1. The molecule has 0 fully saturated rings. The predicted octanol–water partition coefficient (Wildman–Crippen LogP) is 5.04. The second kappa shape index (κ2) is 7.08. The molecule has 0 radical (unpaired) electrons. The van der Waals surface area contributed by atoms with Gasteiger partial charge in [0.05, 0.1) is 5.69 Å². The zero-order valence-corrected chi connectivity index (χ0v) is 12.0. The molecule has 2 aromatic rings. The Kier molecular flexibility index (Phi) is 5.14. The first kappa shape index (κ1) is 13.8. The van der Waals surface area contributed by atoms with Crippen LogP contribution in [0.3, 0.4) is 0 Å². The fourth-order valence-electron chi connectivity index (χ4n) is 2.36. The Morgan fingerprint density at radius 3 is 2.32 bits per heavy atom. The monoisotopic (exact) mass is 253 g/mol. The van der Waals surface area contributed by atoms with E-state index in [0.29, 0.717) is 0 Å². The molecule has 1 aromatic carbocycles. The summed E-state index contributed by atoms with van der Waals surface area (Å²) in [5.41, 5.74) is 5.04. The first-order valence-electron chi connectivity index (χ1n) is 7.39. The van der Waals surface area contributed by atoms with E-state index in [9.17, 15) is 0 Å². The van der Waals surface area contributed by atoms with E-state index in [1.54, 1.807) is 0 Å². The van der Waals surface area contributed by atoms with Crippen molar-refractivity contribution in [3.63, 3.8) is 0 Å². The second-order valence-corrected chi connectivity index (χ2v) is 5.02. The van der Waals surface area contributed by atoms with Gasteiger partial charge < -0.3 is 0 Å². The molecule has 1 aromatic heterocycles. The quantitative estimate of drug-likeness (QED) is 0.702. The van der Waals surface area contributed by atoms with Gasteiger partial charge in [-0.05, 0) is 30.9 Å². The number of hydrogen-bond donors (Lipinski definition) is 0. The molecule has 0 saturated heterocycles. The van der Waals surface area contributed by atoms with Crippen LogP contribution >= 0.6 is 0 Å². The molecule has 1 heterocycles. The number of hydrogen-bond acceptors (Lipinski definition) is 1. The van der Waals surface area contributed by atoms with Gasteiger partial charge in [0.15, 0.2) is 0 Å². The summed E-state index contributed by atoms with van der Waals surface area (Å²) in [7, 11) is 0. The highest BCUT2D eigenvalue weighted by Gasteiger charge is 2.06. The Hall–Kier alpha value is -1.63. The van der Waals surface area contributed by atoms with Gasteiger partial charge in [0.1, 0.15) is 0 Å². The van der Waals surface area contributed by atoms with Crippen LogP contribution in [0.1, 0.15) is 44.4 Å². The molecule has 0 saturated carbocycles. The van der Waals surface area contributed by atoms with Crippen LogP contribution in [-0.4, -0.2) is 4.98 Å². The average Bonchev–Trinajstić information content (AvgIpc) is 2.47. The Morgan fingerprint density at radius 1 is 0.842 bits per heavy atom. The Morgan fingerprint density at radius 2 is 1.63 bits per heavy atom. The summed E-state index contributed by atoms with van der Waals surface area (Å²) < 4.78 is 0.